The van der Waals surface area contributed by atoms with Gasteiger partial charge in [0, 0.05) is 6.26 Å². The molecule has 0 radical (unpaired) electrons. The van der Waals surface area contributed by atoms with Crippen LogP contribution < -0.4 is 14.2 Å². The maximum absolute atomic E-state index is 13.8. The number of nitrogens with zero attached hydrogens (tertiary/aromatic N) is 1. The summed E-state index contributed by atoms with van der Waals surface area (Å²) in [5.41, 5.74) is -0.517. The summed E-state index contributed by atoms with van der Waals surface area (Å²) >= 11 is 0. The summed E-state index contributed by atoms with van der Waals surface area (Å²) in [4.78, 5) is 13.9. The number of alkyl halides is 3. The van der Waals surface area contributed by atoms with Crippen molar-refractivity contribution in [3.8, 4) is 17.2 Å². The van der Waals surface area contributed by atoms with Crippen molar-refractivity contribution in [2.75, 3.05) is 26.5 Å². The molecule has 7 nitrogen and oxygen atoms in total. The molecule has 0 unspecified atom stereocenters. The number of ether oxygens (including phenoxy) is 3. The van der Waals surface area contributed by atoms with Gasteiger partial charge in [0.05, 0.1) is 20.2 Å². The second-order valence-electron chi connectivity index (χ2n) is 7.55. The fourth-order valence-corrected chi connectivity index (χ4v) is 4.03. The molecule has 0 aromatic heterocycles. The van der Waals surface area contributed by atoms with Crippen molar-refractivity contribution in [2.45, 2.75) is 30.2 Å². The minimum Gasteiger partial charge on any atom is -0.494 e. The fourth-order valence-electron chi connectivity index (χ4n) is 3.19. The Morgan fingerprint density at radius 1 is 1.12 bits per heavy atom. The zero-order valence-corrected chi connectivity index (χ0v) is 19.0. The smallest absolute Gasteiger partial charge is 0.425 e. The van der Waals surface area contributed by atoms with E-state index in [2.05, 4.69) is 0 Å². The van der Waals surface area contributed by atoms with Crippen LogP contribution in [0.15, 0.2) is 35.2 Å². The first-order chi connectivity index (χ1) is 15.7. The summed E-state index contributed by atoms with van der Waals surface area (Å²) in [6.07, 6.45) is -6.95. The first-order valence-corrected chi connectivity index (χ1v) is 11.7. The van der Waals surface area contributed by atoms with Gasteiger partial charge in [0.25, 0.3) is 5.91 Å². The van der Waals surface area contributed by atoms with Crippen molar-refractivity contribution >= 4 is 15.7 Å². The molecule has 13 heteroatoms. The van der Waals surface area contributed by atoms with Gasteiger partial charge in [0.15, 0.2) is 33.3 Å². The highest BCUT2D eigenvalue weighted by Gasteiger charge is 2.41. The summed E-state index contributed by atoms with van der Waals surface area (Å²) in [6, 6.07) is 5.28. The third-order valence-electron chi connectivity index (χ3n) is 5.01. The summed E-state index contributed by atoms with van der Waals surface area (Å²) < 4.78 is 106. The number of carbonyl (C=O) groups excluding carboxylic acids is 1. The quantitative estimate of drug-likeness (QED) is 0.531. The third-order valence-corrected chi connectivity index (χ3v) is 6.13. The molecule has 0 N–H and O–H groups in total. The molecule has 0 spiro atoms. The highest BCUT2D eigenvalue weighted by Crippen LogP contribution is 2.39. The largest absolute Gasteiger partial charge is 0.494 e. The molecule has 0 saturated carbocycles. The van der Waals surface area contributed by atoms with Gasteiger partial charge < -0.3 is 19.1 Å². The summed E-state index contributed by atoms with van der Waals surface area (Å²) in [7, 11) is -2.86. The standard InChI is InChI=1S/C21H20F5NO6S/c1-11(21(24,25)26)32-14-7-8-16(34(3,29)30)19(31-2)17(14)20(28)27-9-12(10-27)33-15-6-4-5-13(22)18(15)23/h4-8,11-12H,9-10H2,1-3H3/t11-/m0/s1. The van der Waals surface area contributed by atoms with Gasteiger partial charge >= 0.3 is 6.18 Å². The summed E-state index contributed by atoms with van der Waals surface area (Å²) in [6.45, 7) is 0.469. The van der Waals surface area contributed by atoms with Gasteiger partial charge in [-0.05, 0) is 31.2 Å². The van der Waals surface area contributed by atoms with Gasteiger partial charge in [0.1, 0.15) is 22.3 Å². The van der Waals surface area contributed by atoms with Gasteiger partial charge in [-0.15, -0.1) is 0 Å². The highest BCUT2D eigenvalue weighted by atomic mass is 32.2. The molecule has 1 fully saturated rings. The fraction of sp³-hybridized carbons (Fsp3) is 0.381. The number of methoxy groups -OCH3 is 1. The van der Waals surface area contributed by atoms with E-state index < -0.39 is 67.7 Å². The summed E-state index contributed by atoms with van der Waals surface area (Å²) in [5, 5.41) is 0. The predicted octanol–water partition coefficient (Wildman–Crippen LogP) is 3.61. The number of sulfone groups is 1. The molecule has 1 atom stereocenters. The molecule has 1 aliphatic heterocycles. The van der Waals surface area contributed by atoms with Gasteiger partial charge in [-0.1, -0.05) is 6.07 Å². The Kier molecular flexibility index (Phi) is 6.97. The molecule has 0 bridgehead atoms. The Labute approximate surface area is 191 Å². The number of benzene rings is 2. The Balaban J connectivity index is 1.90. The van der Waals surface area contributed by atoms with E-state index >= 15 is 0 Å². The number of hydrogen-bond donors (Lipinski definition) is 0. The first-order valence-electron chi connectivity index (χ1n) is 9.78. The predicted molar refractivity (Wildman–Crippen MR) is 109 cm³/mol. The van der Waals surface area contributed by atoms with Crippen molar-refractivity contribution in [3.05, 3.63) is 47.5 Å². The Hall–Kier alpha value is -3.09. The lowest BCUT2D eigenvalue weighted by atomic mass is 10.1. The number of halogens is 5. The van der Waals surface area contributed by atoms with Gasteiger partial charge in [0.2, 0.25) is 5.82 Å². The van der Waals surface area contributed by atoms with Crippen LogP contribution in [-0.4, -0.2) is 64.1 Å². The van der Waals surface area contributed by atoms with Crippen LogP contribution in [0.25, 0.3) is 0 Å². The van der Waals surface area contributed by atoms with Crippen molar-refractivity contribution in [1.29, 1.82) is 0 Å². The Bertz CT molecular complexity index is 1190. The topological polar surface area (TPSA) is 82.1 Å². The second-order valence-corrected chi connectivity index (χ2v) is 9.53. The van der Waals surface area contributed by atoms with Crippen LogP contribution >= 0.6 is 0 Å². The summed E-state index contributed by atoms with van der Waals surface area (Å²) in [5.74, 6) is -4.57. The van der Waals surface area contributed by atoms with Crippen LogP contribution in [0.2, 0.25) is 0 Å². The number of likely N-dealkylation sites (tertiary alicyclic amines) is 1. The van der Waals surface area contributed by atoms with Crippen molar-refractivity contribution < 1.29 is 49.4 Å². The molecule has 2 aromatic carbocycles. The lowest BCUT2D eigenvalue weighted by molar-refractivity contribution is -0.189. The lowest BCUT2D eigenvalue weighted by Crippen LogP contribution is -2.56. The minimum absolute atomic E-state index is 0.130. The maximum atomic E-state index is 13.8. The average molecular weight is 509 g/mol. The lowest BCUT2D eigenvalue weighted by Gasteiger charge is -2.39. The first kappa shape index (κ1) is 25.5. The van der Waals surface area contributed by atoms with E-state index in [1.165, 1.54) is 12.1 Å². The number of carbonyl (C=O) groups is 1. The van der Waals surface area contributed by atoms with E-state index in [4.69, 9.17) is 14.2 Å². The zero-order chi connectivity index (χ0) is 25.4. The Morgan fingerprint density at radius 3 is 2.32 bits per heavy atom. The Morgan fingerprint density at radius 2 is 1.76 bits per heavy atom. The monoisotopic (exact) mass is 509 g/mol. The van der Waals surface area contributed by atoms with Crippen LogP contribution in [0.3, 0.4) is 0 Å². The maximum Gasteiger partial charge on any atom is 0.425 e. The van der Waals surface area contributed by atoms with Gasteiger partial charge in [-0.25, -0.2) is 12.8 Å². The highest BCUT2D eigenvalue weighted by molar-refractivity contribution is 7.90. The van der Waals surface area contributed by atoms with Gasteiger partial charge in [-0.3, -0.25) is 4.79 Å². The van der Waals surface area contributed by atoms with Crippen LogP contribution in [0.5, 0.6) is 17.2 Å². The van der Waals surface area contributed by atoms with E-state index in [-0.39, 0.29) is 18.8 Å². The van der Waals surface area contributed by atoms with E-state index in [0.29, 0.717) is 0 Å². The zero-order valence-electron chi connectivity index (χ0n) is 18.2. The van der Waals surface area contributed by atoms with E-state index in [1.807, 2.05) is 0 Å². The molecule has 186 valence electrons. The second kappa shape index (κ2) is 9.28. The molecular weight excluding hydrogens is 489 g/mol. The van der Waals surface area contributed by atoms with Crippen molar-refractivity contribution in [3.63, 3.8) is 0 Å². The minimum atomic E-state index is -4.76. The van der Waals surface area contributed by atoms with Crippen molar-refractivity contribution in [2.24, 2.45) is 0 Å². The molecule has 2 aromatic rings. The van der Waals surface area contributed by atoms with Crippen LogP contribution in [0.4, 0.5) is 22.0 Å². The van der Waals surface area contributed by atoms with E-state index in [0.717, 1.165) is 43.4 Å². The number of hydrogen-bond acceptors (Lipinski definition) is 6. The molecule has 3 rings (SSSR count). The molecule has 1 aliphatic rings. The van der Waals surface area contributed by atoms with E-state index in [9.17, 15) is 35.2 Å². The van der Waals surface area contributed by atoms with Crippen LogP contribution in [0, 0.1) is 11.6 Å². The van der Waals surface area contributed by atoms with E-state index in [1.54, 1.807) is 0 Å². The number of amides is 1. The molecule has 1 amide bonds. The van der Waals surface area contributed by atoms with Crippen LogP contribution in [-0.2, 0) is 9.84 Å². The van der Waals surface area contributed by atoms with Gasteiger partial charge in [-0.2, -0.15) is 17.6 Å². The molecule has 1 heterocycles. The number of rotatable bonds is 7. The van der Waals surface area contributed by atoms with Crippen molar-refractivity contribution in [1.82, 2.24) is 4.90 Å². The van der Waals surface area contributed by atoms with Crippen LogP contribution in [0.1, 0.15) is 17.3 Å². The molecule has 1 saturated heterocycles. The normalized spacial score (nSPS) is 15.5. The molecule has 0 aliphatic carbocycles. The SMILES string of the molecule is COc1c(S(C)(=O)=O)ccc(O[C@@H](C)C(F)(F)F)c1C(=O)N1CC(Oc2cccc(F)c2F)C1. The molecule has 34 heavy (non-hydrogen) atoms. The third kappa shape index (κ3) is 5.18. The average Bonchev–Trinajstić information content (AvgIpc) is 2.70. The molecular formula is C21H20F5NO6S.